The minimum atomic E-state index is 0.634. The van der Waals surface area contributed by atoms with Crippen LogP contribution in [0.15, 0.2) is 18.2 Å². The molecule has 15 heavy (non-hydrogen) atoms. The molecule has 0 atom stereocenters. The highest BCUT2D eigenvalue weighted by atomic mass is 16.5. The number of methoxy groups -OCH3 is 1. The second kappa shape index (κ2) is 6.30. The molecule has 2 N–H and O–H groups in total. The van der Waals surface area contributed by atoms with E-state index in [2.05, 4.69) is 6.92 Å². The molecule has 0 saturated carbocycles. The number of nitrogens with two attached hydrogens (primary N) is 1. The van der Waals surface area contributed by atoms with Gasteiger partial charge in [-0.05, 0) is 31.0 Å². The average molecular weight is 209 g/mol. The van der Waals surface area contributed by atoms with Gasteiger partial charge in [-0.3, -0.25) is 0 Å². The molecule has 1 rings (SSSR count). The molecule has 0 aromatic heterocycles. The fraction of sp³-hybridized carbons (Fsp3) is 0.500. The van der Waals surface area contributed by atoms with Crippen molar-refractivity contribution in [2.45, 2.75) is 19.8 Å². The van der Waals surface area contributed by atoms with Gasteiger partial charge < -0.3 is 15.2 Å². The van der Waals surface area contributed by atoms with Crippen molar-refractivity contribution in [3.63, 3.8) is 0 Å². The third-order valence-electron chi connectivity index (χ3n) is 2.15. The minimum Gasteiger partial charge on any atom is -0.497 e. The predicted molar refractivity (Wildman–Crippen MR) is 61.5 cm³/mol. The van der Waals surface area contributed by atoms with Crippen molar-refractivity contribution < 1.29 is 9.47 Å². The normalized spacial score (nSPS) is 10.1. The summed E-state index contributed by atoms with van der Waals surface area (Å²) in [5, 5.41) is 0. The van der Waals surface area contributed by atoms with Crippen LogP contribution in [0.2, 0.25) is 0 Å². The molecule has 0 aliphatic carbocycles. The SMILES string of the molecule is CCCOc1cc(OC)ccc1CCN. The zero-order chi connectivity index (χ0) is 11.1. The lowest BCUT2D eigenvalue weighted by Crippen LogP contribution is -2.06. The van der Waals surface area contributed by atoms with Crippen LogP contribution >= 0.6 is 0 Å². The minimum absolute atomic E-state index is 0.634. The maximum atomic E-state index is 5.65. The summed E-state index contributed by atoms with van der Waals surface area (Å²) in [4.78, 5) is 0. The van der Waals surface area contributed by atoms with E-state index < -0.39 is 0 Å². The van der Waals surface area contributed by atoms with E-state index in [1.54, 1.807) is 7.11 Å². The van der Waals surface area contributed by atoms with E-state index in [0.29, 0.717) is 6.54 Å². The van der Waals surface area contributed by atoms with Crippen LogP contribution < -0.4 is 15.2 Å². The Bertz CT molecular complexity index is 300. The zero-order valence-electron chi connectivity index (χ0n) is 9.45. The van der Waals surface area contributed by atoms with Gasteiger partial charge in [0.1, 0.15) is 11.5 Å². The lowest BCUT2D eigenvalue weighted by molar-refractivity contribution is 0.311. The van der Waals surface area contributed by atoms with Crippen molar-refractivity contribution in [2.24, 2.45) is 5.73 Å². The molecule has 0 aliphatic rings. The van der Waals surface area contributed by atoms with Crippen LogP contribution in [-0.4, -0.2) is 20.3 Å². The predicted octanol–water partition coefficient (Wildman–Crippen LogP) is 1.99. The van der Waals surface area contributed by atoms with Crippen LogP contribution in [0.5, 0.6) is 11.5 Å². The molecule has 0 fully saturated rings. The lowest BCUT2D eigenvalue weighted by Gasteiger charge is -2.11. The Labute approximate surface area is 91.2 Å². The monoisotopic (exact) mass is 209 g/mol. The van der Waals surface area contributed by atoms with Gasteiger partial charge in [-0.25, -0.2) is 0 Å². The van der Waals surface area contributed by atoms with E-state index in [4.69, 9.17) is 15.2 Å². The largest absolute Gasteiger partial charge is 0.497 e. The van der Waals surface area contributed by atoms with Gasteiger partial charge >= 0.3 is 0 Å². The second-order valence-electron chi connectivity index (χ2n) is 3.36. The molecule has 0 spiro atoms. The first-order chi connectivity index (χ1) is 7.31. The van der Waals surface area contributed by atoms with Gasteiger partial charge in [0.25, 0.3) is 0 Å². The summed E-state index contributed by atoms with van der Waals surface area (Å²) in [7, 11) is 1.65. The highest BCUT2D eigenvalue weighted by Gasteiger charge is 2.04. The number of hydrogen-bond donors (Lipinski definition) is 1. The van der Waals surface area contributed by atoms with Crippen molar-refractivity contribution in [2.75, 3.05) is 20.3 Å². The third kappa shape index (κ3) is 3.44. The van der Waals surface area contributed by atoms with Crippen LogP contribution in [0.4, 0.5) is 0 Å². The maximum Gasteiger partial charge on any atom is 0.126 e. The molecular formula is C12H19NO2. The van der Waals surface area contributed by atoms with E-state index in [1.165, 1.54) is 0 Å². The smallest absolute Gasteiger partial charge is 0.126 e. The first-order valence-corrected chi connectivity index (χ1v) is 5.31. The van der Waals surface area contributed by atoms with E-state index in [9.17, 15) is 0 Å². The molecule has 3 nitrogen and oxygen atoms in total. The summed E-state index contributed by atoms with van der Waals surface area (Å²) < 4.78 is 10.8. The van der Waals surface area contributed by atoms with Crippen molar-refractivity contribution in [1.29, 1.82) is 0 Å². The standard InChI is InChI=1S/C12H19NO2/c1-3-8-15-12-9-11(14-2)5-4-10(12)6-7-13/h4-5,9H,3,6-8,13H2,1-2H3. The molecule has 0 saturated heterocycles. The van der Waals surface area contributed by atoms with E-state index in [-0.39, 0.29) is 0 Å². The van der Waals surface area contributed by atoms with Crippen molar-refractivity contribution in [3.8, 4) is 11.5 Å². The Hall–Kier alpha value is -1.22. The fourth-order valence-electron chi connectivity index (χ4n) is 1.37. The molecule has 0 heterocycles. The van der Waals surface area contributed by atoms with Gasteiger partial charge in [0.2, 0.25) is 0 Å². The Morgan fingerprint density at radius 1 is 1.33 bits per heavy atom. The summed E-state index contributed by atoms with van der Waals surface area (Å²) in [6.07, 6.45) is 1.84. The van der Waals surface area contributed by atoms with Crippen LogP contribution in [0.25, 0.3) is 0 Å². The van der Waals surface area contributed by atoms with Gasteiger partial charge in [-0.1, -0.05) is 13.0 Å². The maximum absolute atomic E-state index is 5.65. The topological polar surface area (TPSA) is 44.5 Å². The summed E-state index contributed by atoms with van der Waals surface area (Å²) >= 11 is 0. The van der Waals surface area contributed by atoms with Gasteiger partial charge in [0.05, 0.1) is 13.7 Å². The second-order valence-corrected chi connectivity index (χ2v) is 3.36. The molecular weight excluding hydrogens is 190 g/mol. The molecule has 1 aromatic carbocycles. The molecule has 84 valence electrons. The Balaban J connectivity index is 2.83. The molecule has 0 amide bonds. The highest BCUT2D eigenvalue weighted by Crippen LogP contribution is 2.25. The first-order valence-electron chi connectivity index (χ1n) is 5.31. The summed E-state index contributed by atoms with van der Waals surface area (Å²) in [5.74, 6) is 1.71. The van der Waals surface area contributed by atoms with Gasteiger partial charge in [0, 0.05) is 6.07 Å². The summed E-state index contributed by atoms with van der Waals surface area (Å²) in [6.45, 7) is 3.45. The van der Waals surface area contributed by atoms with Gasteiger partial charge in [0.15, 0.2) is 0 Å². The quantitative estimate of drug-likeness (QED) is 0.779. The molecule has 0 aliphatic heterocycles. The number of hydrogen-bond acceptors (Lipinski definition) is 3. The Morgan fingerprint density at radius 2 is 2.13 bits per heavy atom. The van der Waals surface area contributed by atoms with Crippen molar-refractivity contribution in [3.05, 3.63) is 23.8 Å². The third-order valence-corrected chi connectivity index (χ3v) is 2.15. The Kier molecular flexibility index (Phi) is 4.98. The number of rotatable bonds is 6. The molecule has 0 radical (unpaired) electrons. The molecule has 3 heteroatoms. The average Bonchev–Trinajstić information content (AvgIpc) is 2.28. The highest BCUT2D eigenvalue weighted by molar-refractivity contribution is 5.40. The van der Waals surface area contributed by atoms with Gasteiger partial charge in [-0.15, -0.1) is 0 Å². The van der Waals surface area contributed by atoms with E-state index in [0.717, 1.165) is 36.5 Å². The van der Waals surface area contributed by atoms with E-state index in [1.807, 2.05) is 18.2 Å². The zero-order valence-corrected chi connectivity index (χ0v) is 9.45. The number of ether oxygens (including phenoxy) is 2. The van der Waals surface area contributed by atoms with Crippen molar-refractivity contribution >= 4 is 0 Å². The lowest BCUT2D eigenvalue weighted by atomic mass is 10.1. The summed E-state index contributed by atoms with van der Waals surface area (Å²) in [5.41, 5.74) is 6.69. The Morgan fingerprint density at radius 3 is 2.73 bits per heavy atom. The van der Waals surface area contributed by atoms with Crippen LogP contribution in [-0.2, 0) is 6.42 Å². The number of benzene rings is 1. The van der Waals surface area contributed by atoms with Crippen LogP contribution in [0, 0.1) is 0 Å². The fourth-order valence-corrected chi connectivity index (χ4v) is 1.37. The first kappa shape index (κ1) is 11.9. The van der Waals surface area contributed by atoms with Gasteiger partial charge in [-0.2, -0.15) is 0 Å². The van der Waals surface area contributed by atoms with Crippen LogP contribution in [0.3, 0.4) is 0 Å². The summed E-state index contributed by atoms with van der Waals surface area (Å²) in [6, 6.07) is 5.86. The molecule has 1 aromatic rings. The molecule has 0 bridgehead atoms. The van der Waals surface area contributed by atoms with Crippen molar-refractivity contribution in [1.82, 2.24) is 0 Å². The molecule has 0 unspecified atom stereocenters. The van der Waals surface area contributed by atoms with E-state index >= 15 is 0 Å². The van der Waals surface area contributed by atoms with Crippen LogP contribution in [0.1, 0.15) is 18.9 Å².